The second kappa shape index (κ2) is 18.1. The van der Waals surface area contributed by atoms with Crippen molar-refractivity contribution in [2.45, 2.75) is 57.3 Å². The Hall–Kier alpha value is -3.73. The normalized spacial score (nSPS) is 15.4. The van der Waals surface area contributed by atoms with Gasteiger partial charge in [0.25, 0.3) is 5.91 Å². The van der Waals surface area contributed by atoms with Crippen LogP contribution in [0.1, 0.15) is 59.7 Å². The summed E-state index contributed by atoms with van der Waals surface area (Å²) in [5.74, 6) is -0.433. The molecule has 0 unspecified atom stereocenters. The molecule has 5 rings (SSSR count). The van der Waals surface area contributed by atoms with Gasteiger partial charge in [0, 0.05) is 17.5 Å². The summed E-state index contributed by atoms with van der Waals surface area (Å²) in [5, 5.41) is 14.7. The Bertz CT molecular complexity index is 1880. The van der Waals surface area contributed by atoms with Crippen molar-refractivity contribution in [1.29, 1.82) is 0 Å². The average molecular weight is 819 g/mol. The van der Waals surface area contributed by atoms with Gasteiger partial charge >= 0.3 is 12.6 Å². The van der Waals surface area contributed by atoms with Crippen LogP contribution in [0.25, 0.3) is 0 Å². The lowest BCUT2D eigenvalue weighted by Crippen LogP contribution is -2.42. The van der Waals surface area contributed by atoms with E-state index in [1.807, 2.05) is 6.26 Å². The number of amides is 1. The molecule has 2 atom stereocenters. The van der Waals surface area contributed by atoms with Crippen LogP contribution >= 0.6 is 35.0 Å². The molecule has 1 aromatic heterocycles. The molecule has 2 saturated carbocycles. The number of carbonyl (C=O) groups excluding carboxylic acids is 2. The first-order chi connectivity index (χ1) is 25.2. The summed E-state index contributed by atoms with van der Waals surface area (Å²) in [6.07, 6.45) is 7.74. The van der Waals surface area contributed by atoms with Crippen LogP contribution in [0.5, 0.6) is 17.2 Å². The second-order valence-electron chi connectivity index (χ2n) is 12.9. The van der Waals surface area contributed by atoms with Crippen LogP contribution in [0.4, 0.5) is 14.5 Å². The lowest BCUT2D eigenvalue weighted by Gasteiger charge is -2.24. The van der Waals surface area contributed by atoms with E-state index in [4.69, 9.17) is 37.4 Å². The maximum atomic E-state index is 14.0. The van der Waals surface area contributed by atoms with E-state index < -0.39 is 40.7 Å². The predicted molar refractivity (Wildman–Crippen MR) is 197 cm³/mol. The highest BCUT2D eigenvalue weighted by Gasteiger charge is 2.30. The van der Waals surface area contributed by atoms with Crippen molar-refractivity contribution >= 4 is 62.6 Å². The van der Waals surface area contributed by atoms with Crippen molar-refractivity contribution in [3.8, 4) is 17.2 Å². The molecule has 2 N–H and O–H groups in total. The maximum absolute atomic E-state index is 14.0. The minimum atomic E-state index is -3.65. The van der Waals surface area contributed by atoms with Crippen molar-refractivity contribution in [3.63, 3.8) is 0 Å². The van der Waals surface area contributed by atoms with Crippen LogP contribution in [0.2, 0.25) is 10.0 Å². The smallest absolute Gasteiger partial charge is 0.387 e. The zero-order valence-corrected chi connectivity index (χ0v) is 32.0. The molecule has 53 heavy (non-hydrogen) atoms. The number of hydrogen-bond donors (Lipinski definition) is 2. The zero-order chi connectivity index (χ0) is 38.3. The zero-order valence-electron chi connectivity index (χ0n) is 28.8. The monoisotopic (exact) mass is 817 g/mol. The fourth-order valence-electron chi connectivity index (χ4n) is 5.17. The Kier molecular flexibility index (Phi) is 13.8. The molecule has 3 aromatic rings. The summed E-state index contributed by atoms with van der Waals surface area (Å²) in [6, 6.07) is 7.19. The highest BCUT2D eigenvalue weighted by molar-refractivity contribution is 7.98. The predicted octanol–water partition coefficient (Wildman–Crippen LogP) is 6.56. The molecule has 2 aromatic carbocycles. The van der Waals surface area contributed by atoms with Gasteiger partial charge in [-0.15, -0.1) is 0 Å². The molecule has 1 heterocycles. The topological polar surface area (TPSA) is 156 Å². The number of ether oxygens (including phenoxy) is 4. The molecular formula is C35H39Cl2F2N3O9S2. The lowest BCUT2D eigenvalue weighted by atomic mass is 10.0. The molecule has 2 aliphatic carbocycles. The van der Waals surface area contributed by atoms with Crippen molar-refractivity contribution in [3.05, 3.63) is 80.7 Å². The van der Waals surface area contributed by atoms with Gasteiger partial charge < -0.3 is 29.5 Å². The van der Waals surface area contributed by atoms with Gasteiger partial charge in [-0.2, -0.15) is 25.3 Å². The summed E-state index contributed by atoms with van der Waals surface area (Å²) in [5.41, 5.74) is 0.863. The minimum absolute atomic E-state index is 0.00263. The van der Waals surface area contributed by atoms with E-state index in [-0.39, 0.29) is 69.5 Å². The standard InChI is InChI=1S/C35H39Cl2F2N3O9S2/c1-52-12-11-28(40-33(43)23-7-9-27(41-53(2,46)47)31(14-23)48-18-20-3-4-20)34(44)50-30(15-24-25(36)16-42(45)17-26(24)37)22-8-10-29(51-35(38)39)32(13-22)49-19-21-5-6-21/h7-10,13-14,16-17,20-21,28,30,35,41H,3-6,11-12,15,18-19H2,1-2H3,(H,40,43)/t28-,30-/m0/s1. The molecule has 2 aliphatic rings. The van der Waals surface area contributed by atoms with Crippen LogP contribution in [-0.2, 0) is 26.0 Å². The molecule has 1 amide bonds. The average Bonchev–Trinajstić information content (AvgIpc) is 4.02. The quantitative estimate of drug-likeness (QED) is 0.0728. The molecule has 18 heteroatoms. The first-order valence-electron chi connectivity index (χ1n) is 16.7. The van der Waals surface area contributed by atoms with E-state index in [1.165, 1.54) is 48.2 Å². The Morgan fingerprint density at radius 3 is 2.21 bits per heavy atom. The number of nitrogens with one attached hydrogen (secondary N) is 2. The Labute approximate surface area is 320 Å². The fourth-order valence-corrected chi connectivity index (χ4v) is 6.81. The third kappa shape index (κ3) is 12.4. The molecule has 288 valence electrons. The maximum Gasteiger partial charge on any atom is 0.387 e. The number of nitrogens with zero attached hydrogens (tertiary/aromatic N) is 1. The Morgan fingerprint density at radius 1 is 0.981 bits per heavy atom. The number of alkyl halides is 2. The summed E-state index contributed by atoms with van der Waals surface area (Å²) in [7, 11) is -3.65. The number of halogens is 4. The van der Waals surface area contributed by atoms with Crippen molar-refractivity contribution in [1.82, 2.24) is 5.32 Å². The molecule has 0 bridgehead atoms. The largest absolute Gasteiger partial charge is 0.619 e. The van der Waals surface area contributed by atoms with Crippen LogP contribution in [0.15, 0.2) is 48.8 Å². The summed E-state index contributed by atoms with van der Waals surface area (Å²) in [4.78, 5) is 27.6. The summed E-state index contributed by atoms with van der Waals surface area (Å²) >= 11 is 14.2. The molecule has 2 fully saturated rings. The van der Waals surface area contributed by atoms with E-state index in [0.29, 0.717) is 28.6 Å². The number of thioether (sulfide) groups is 1. The van der Waals surface area contributed by atoms with Gasteiger partial charge in [-0.1, -0.05) is 29.3 Å². The Balaban J connectivity index is 1.43. The van der Waals surface area contributed by atoms with Gasteiger partial charge in [0.05, 0.1) is 25.2 Å². The lowest BCUT2D eigenvalue weighted by molar-refractivity contribution is -0.605. The van der Waals surface area contributed by atoms with Crippen molar-refractivity contribution in [2.24, 2.45) is 11.8 Å². The number of anilines is 1. The molecular weight excluding hydrogens is 779 g/mol. The van der Waals surface area contributed by atoms with E-state index >= 15 is 0 Å². The number of benzene rings is 2. The number of rotatable bonds is 20. The first kappa shape index (κ1) is 40.5. The fraction of sp³-hybridized carbons (Fsp3) is 0.457. The van der Waals surface area contributed by atoms with E-state index in [1.54, 1.807) is 0 Å². The van der Waals surface area contributed by atoms with Crippen LogP contribution in [0, 0.1) is 17.0 Å². The number of carbonyl (C=O) groups is 2. The molecule has 0 saturated heterocycles. The molecule has 0 radical (unpaired) electrons. The van der Waals surface area contributed by atoms with Gasteiger partial charge in [-0.05, 0) is 91.8 Å². The van der Waals surface area contributed by atoms with Gasteiger partial charge in [-0.3, -0.25) is 9.52 Å². The van der Waals surface area contributed by atoms with Gasteiger partial charge in [0.1, 0.15) is 27.9 Å². The van der Waals surface area contributed by atoms with Gasteiger partial charge in [0.15, 0.2) is 23.9 Å². The SMILES string of the molecule is CSCC[C@H](NC(=O)c1ccc(NS(C)(=O)=O)c(OCC2CC2)c1)C(=O)O[C@@H](Cc1c(Cl)c[n+]([O-])cc1Cl)c1ccc(OC(F)F)c(OCC2CC2)c1. The van der Waals surface area contributed by atoms with Crippen LogP contribution in [0.3, 0.4) is 0 Å². The Morgan fingerprint density at radius 2 is 1.62 bits per heavy atom. The molecule has 12 nitrogen and oxygen atoms in total. The summed E-state index contributed by atoms with van der Waals surface area (Å²) in [6.45, 7) is -2.50. The van der Waals surface area contributed by atoms with Crippen molar-refractivity contribution in [2.75, 3.05) is 36.2 Å². The molecule has 0 aliphatic heterocycles. The highest BCUT2D eigenvalue weighted by atomic mass is 35.5. The number of pyridine rings is 1. The van der Waals surface area contributed by atoms with Crippen molar-refractivity contribution < 1.29 is 50.5 Å². The van der Waals surface area contributed by atoms with E-state index in [0.717, 1.165) is 44.3 Å². The minimum Gasteiger partial charge on any atom is -0.619 e. The van der Waals surface area contributed by atoms with Gasteiger partial charge in [0.2, 0.25) is 10.0 Å². The van der Waals surface area contributed by atoms with E-state index in [2.05, 4.69) is 14.8 Å². The third-order valence-corrected chi connectivity index (χ3v) is 10.2. The first-order valence-corrected chi connectivity index (χ1v) is 20.8. The van der Waals surface area contributed by atoms with Crippen LogP contribution < -0.4 is 29.0 Å². The second-order valence-corrected chi connectivity index (χ2v) is 16.5. The van der Waals surface area contributed by atoms with E-state index in [9.17, 15) is 32.0 Å². The number of sulfonamides is 1. The highest BCUT2D eigenvalue weighted by Crippen LogP contribution is 2.38. The molecule has 0 spiro atoms. The number of aromatic nitrogens is 1. The number of esters is 1. The number of hydrogen-bond acceptors (Lipinski definition) is 10. The van der Waals surface area contributed by atoms with Gasteiger partial charge in [-0.25, -0.2) is 13.2 Å². The summed E-state index contributed by atoms with van der Waals surface area (Å²) < 4.78 is 75.8. The third-order valence-electron chi connectivity index (χ3n) is 8.34. The van der Waals surface area contributed by atoms with Crippen LogP contribution in [-0.4, -0.2) is 64.4 Å².